The Bertz CT molecular complexity index is 4310. The molecule has 0 saturated heterocycles. The molecule has 0 saturated carbocycles. The Morgan fingerprint density at radius 2 is 0.922 bits per heavy atom. The number of unbranched alkanes of at least 4 members (excludes halogenated alkanes) is 8. The summed E-state index contributed by atoms with van der Waals surface area (Å²) in [6, 6.07) is 43.2. The van der Waals surface area contributed by atoms with Crippen molar-refractivity contribution >= 4 is 34.4 Å². The van der Waals surface area contributed by atoms with Crippen molar-refractivity contribution in [1.29, 1.82) is 10.5 Å². The van der Waals surface area contributed by atoms with E-state index in [1.54, 1.807) is 38.5 Å². The number of halogens is 1. The monoisotopic (exact) mass is 1430 g/mol. The standard InChI is InChI=1S/C22H25NO2.C22H27NO2.C21H24O3.C21H28O2.C2H6S.CH3F.Na/c1-5-6-7-9-15-12-18(24-4)21-19(13-15)25-22(2,3)17-11-8-10-16(14-23)20(17)21;1-5-6-7-9-16-12-19(24)22(20(13-16)25-4)21-17(14-23)10-8-11-18(21)15(2)3;1-4-5-6-8-14-11-17(22)20-18(12-14)24-21(23)16-10-7-9-15(13(2)3)19(16)20;1-5-6-7-10-16-12-18(22)21(19(23)13-16)20-15(4)9-8-11-17(20)14(2)3;1-2-3;1-2;/h8,10-13H,5-7,9H2,1-4H3;8,10-13,15,24H,5-7,9H2,1-4H3;7,9-13,22H,4-6,8H2,1-3H3;8-9,11-14,22-23H,5-7,10H2,1-4H3;3H,2H2,1H3;1H3;/q;;;;;;+1/p-1/i;;;;;1D;. The van der Waals surface area contributed by atoms with Crippen LogP contribution in [0.15, 0.2) is 131 Å². The summed E-state index contributed by atoms with van der Waals surface area (Å²) in [7, 11) is 2.29. The van der Waals surface area contributed by atoms with Crippen LogP contribution in [0.5, 0.6) is 40.2 Å². The molecule has 9 aromatic rings. The molecule has 0 atom stereocenters. The van der Waals surface area contributed by atoms with Gasteiger partial charge in [-0.15, -0.1) is 0 Å². The van der Waals surface area contributed by atoms with Gasteiger partial charge >= 0.3 is 35.2 Å². The number of nitrogens with zero attached hydrogens (tertiary/aromatic N) is 2. The van der Waals surface area contributed by atoms with Crippen LogP contribution in [0.3, 0.4) is 0 Å². The molecule has 0 spiro atoms. The zero-order chi connectivity index (χ0) is 76.1. The third-order valence-electron chi connectivity index (χ3n) is 18.4. The normalized spacial score (nSPS) is 11.6. The molecule has 11 nitrogen and oxygen atoms in total. The number of ether oxygens (including phenoxy) is 3. The van der Waals surface area contributed by atoms with Crippen molar-refractivity contribution in [3.05, 3.63) is 193 Å². The maximum Gasteiger partial charge on any atom is 1.00 e. The van der Waals surface area contributed by atoms with Crippen molar-refractivity contribution in [2.45, 2.75) is 223 Å². The number of methoxy groups -OCH3 is 2. The first-order chi connectivity index (χ1) is 49.3. The summed E-state index contributed by atoms with van der Waals surface area (Å²) in [5.41, 5.74) is 15.2. The predicted octanol–water partition coefficient (Wildman–Crippen LogP) is 21.0. The van der Waals surface area contributed by atoms with Crippen LogP contribution in [0.1, 0.15) is 247 Å². The van der Waals surface area contributed by atoms with Crippen molar-refractivity contribution in [2.24, 2.45) is 0 Å². The minimum Gasteiger partial charge on any atom is -0.793 e. The third-order valence-corrected chi connectivity index (χ3v) is 18.4. The molecule has 0 bridgehead atoms. The maximum atomic E-state index is 12.4. The van der Waals surface area contributed by atoms with Crippen molar-refractivity contribution in [3.8, 4) is 85.8 Å². The van der Waals surface area contributed by atoms with Gasteiger partial charge in [0.15, 0.2) is 0 Å². The van der Waals surface area contributed by atoms with Crippen molar-refractivity contribution < 1.29 is 74.4 Å². The number of benzene rings is 8. The molecule has 103 heavy (non-hydrogen) atoms. The molecule has 1 aromatic heterocycles. The number of fused-ring (bicyclic) bond motifs is 6. The molecule has 10 rings (SSSR count). The van der Waals surface area contributed by atoms with Gasteiger partial charge in [0.1, 0.15) is 51.4 Å². The average Bonchev–Trinajstić information content (AvgIpc) is 0.742. The molecule has 4 N–H and O–H groups in total. The van der Waals surface area contributed by atoms with Crippen LogP contribution in [0.4, 0.5) is 4.39 Å². The summed E-state index contributed by atoms with van der Waals surface area (Å²) in [5, 5.41) is 63.7. The van der Waals surface area contributed by atoms with Gasteiger partial charge in [-0.25, -0.2) is 4.79 Å². The van der Waals surface area contributed by atoms with Crippen molar-refractivity contribution in [2.75, 3.05) is 27.1 Å². The van der Waals surface area contributed by atoms with E-state index in [9.17, 15) is 40.1 Å². The maximum absolute atomic E-state index is 12.4. The Kier molecular flexibility index (Phi) is 36.1. The van der Waals surface area contributed by atoms with E-state index < -0.39 is 12.8 Å². The van der Waals surface area contributed by atoms with Crippen LogP contribution < -0.4 is 49.4 Å². The first-order valence-electron chi connectivity index (χ1n) is 37.2. The Labute approximate surface area is 643 Å². The molecule has 0 aliphatic carbocycles. The Hall–Kier alpha value is -7.91. The van der Waals surface area contributed by atoms with Gasteiger partial charge in [-0.1, -0.05) is 182 Å². The molecular weight excluding hydrogens is 1320 g/mol. The second-order valence-electron chi connectivity index (χ2n) is 27.5. The molecular formula is C89H112FN2NaO9S. The van der Waals surface area contributed by atoms with Gasteiger partial charge < -0.3 is 51.7 Å². The summed E-state index contributed by atoms with van der Waals surface area (Å²) in [5.74, 6) is 4.58. The second-order valence-corrected chi connectivity index (χ2v) is 28.1. The van der Waals surface area contributed by atoms with Gasteiger partial charge in [-0.2, -0.15) is 16.3 Å². The fraction of sp³-hybridized carbons (Fsp3) is 0.427. The van der Waals surface area contributed by atoms with Crippen LogP contribution in [-0.2, 0) is 43.9 Å². The zero-order valence-electron chi connectivity index (χ0n) is 65.5. The van der Waals surface area contributed by atoms with E-state index in [1.807, 2.05) is 107 Å². The first-order valence-corrected chi connectivity index (χ1v) is 37.1. The van der Waals surface area contributed by atoms with E-state index in [0.29, 0.717) is 50.3 Å². The van der Waals surface area contributed by atoms with Gasteiger partial charge in [-0.3, -0.25) is 4.39 Å². The molecule has 2 heterocycles. The van der Waals surface area contributed by atoms with E-state index in [4.69, 9.17) is 20.0 Å². The van der Waals surface area contributed by atoms with Gasteiger partial charge in [0.25, 0.3) is 0 Å². The van der Waals surface area contributed by atoms with Gasteiger partial charge in [0.2, 0.25) is 0 Å². The topological polar surface area (TPSA) is 186 Å². The van der Waals surface area contributed by atoms with E-state index in [0.717, 1.165) is 166 Å². The van der Waals surface area contributed by atoms with Crippen LogP contribution in [0.2, 0.25) is 0 Å². The number of aryl methyl sites for hydroxylation is 5. The summed E-state index contributed by atoms with van der Waals surface area (Å²) >= 11 is 4.39. The molecule has 1 aliphatic rings. The van der Waals surface area contributed by atoms with Crippen molar-refractivity contribution in [1.82, 2.24) is 0 Å². The third kappa shape index (κ3) is 22.8. The van der Waals surface area contributed by atoms with Crippen LogP contribution in [0, 0.1) is 29.6 Å². The SMILES string of the molecule is CCCCCc1cc(O)c(-c2c(C#N)cccc2C(C)C)c(OC)c1.CCCCCc1cc(O)c(-c2c(C)cccc2C(C)C)c(O)c1.CCCCCc1cc(O)c2c(c1)oc(=O)c1cccc(C(C)C)c12.CCCCCc1cc(OC)c2c(c1)OC(C)(C)c1cccc(C#N)c1-2.CC[S-].[2H]CF.[Na+]. The molecule has 1 aliphatic heterocycles. The average molecular weight is 1430 g/mol. The number of aromatic hydroxyl groups is 4. The van der Waals surface area contributed by atoms with Crippen molar-refractivity contribution in [3.63, 3.8) is 0 Å². The fourth-order valence-corrected chi connectivity index (χ4v) is 13.3. The van der Waals surface area contributed by atoms with E-state index in [2.05, 4.69) is 112 Å². The molecule has 0 fully saturated rings. The second kappa shape index (κ2) is 43.4. The number of hydrogen-bond donors (Lipinski definition) is 4. The summed E-state index contributed by atoms with van der Waals surface area (Å²) in [6.45, 7) is 29.4. The summed E-state index contributed by atoms with van der Waals surface area (Å²) in [6.07, 6.45) is 17.4. The predicted molar refractivity (Wildman–Crippen MR) is 423 cm³/mol. The summed E-state index contributed by atoms with van der Waals surface area (Å²) in [4.78, 5) is 12.4. The Morgan fingerprint density at radius 1 is 0.524 bits per heavy atom. The van der Waals surface area contributed by atoms with Gasteiger partial charge in [0, 0.05) is 22.1 Å². The number of rotatable bonds is 23. The smallest absolute Gasteiger partial charge is 0.793 e. The van der Waals surface area contributed by atoms with E-state index >= 15 is 0 Å². The molecule has 14 heteroatoms. The number of hydrogen-bond acceptors (Lipinski definition) is 12. The number of phenols is 4. The quantitative estimate of drug-likeness (QED) is 0.0156. The van der Waals surface area contributed by atoms with E-state index in [1.165, 1.54) is 31.2 Å². The number of phenolic OH excluding ortho intramolecular Hbond substituents is 4. The molecule has 0 unspecified atom stereocenters. The minimum atomic E-state index is -1.00. The van der Waals surface area contributed by atoms with Gasteiger partial charge in [-0.05, 0) is 207 Å². The van der Waals surface area contributed by atoms with Gasteiger partial charge in [0.05, 0.1) is 73.5 Å². The van der Waals surface area contributed by atoms with Crippen LogP contribution in [-0.4, -0.2) is 47.6 Å². The largest absolute Gasteiger partial charge is 1.00 e. The number of alkyl halides is 1. The first kappa shape index (κ1) is 85.7. The molecule has 8 aromatic carbocycles. The minimum absolute atomic E-state index is 0. The van der Waals surface area contributed by atoms with Crippen LogP contribution in [0.25, 0.3) is 55.1 Å². The number of nitriles is 2. The molecule has 0 amide bonds. The molecule has 546 valence electrons. The molecule has 0 radical (unpaired) electrons. The Morgan fingerprint density at radius 3 is 1.40 bits per heavy atom. The Balaban J connectivity index is 0.000000285. The van der Waals surface area contributed by atoms with Crippen LogP contribution >= 0.6 is 0 Å². The summed E-state index contributed by atoms with van der Waals surface area (Å²) < 4.78 is 38.7. The van der Waals surface area contributed by atoms with E-state index in [-0.39, 0.29) is 70.0 Å². The zero-order valence-corrected chi connectivity index (χ0v) is 67.3. The fourth-order valence-electron chi connectivity index (χ4n) is 13.3.